The Hall–Kier alpha value is -3.90. The first-order valence-corrected chi connectivity index (χ1v) is 10.4. The summed E-state index contributed by atoms with van der Waals surface area (Å²) < 4.78 is 0. The average Bonchev–Trinajstić information content (AvgIpc) is 2.83. The van der Waals surface area contributed by atoms with Gasteiger partial charge in [-0.3, -0.25) is 0 Å². The van der Waals surface area contributed by atoms with E-state index in [1.54, 1.807) is 0 Å². The molecule has 0 N–H and O–H groups in total. The average molecular weight is 380 g/mol. The minimum Gasteiger partial charge on any atom is -0.0622 e. The fourth-order valence-electron chi connectivity index (χ4n) is 4.69. The molecule has 0 spiro atoms. The van der Waals surface area contributed by atoms with E-state index in [-0.39, 0.29) is 0 Å². The number of hydrogen-bond donors (Lipinski definition) is 0. The summed E-state index contributed by atoms with van der Waals surface area (Å²) in [7, 11) is 0. The summed E-state index contributed by atoms with van der Waals surface area (Å²) in [5.41, 5.74) is 5.11. The second-order valence-corrected chi connectivity index (χ2v) is 7.76. The van der Waals surface area contributed by atoms with Gasteiger partial charge in [-0.2, -0.15) is 0 Å². The van der Waals surface area contributed by atoms with Crippen molar-refractivity contribution in [3.63, 3.8) is 0 Å². The first kappa shape index (κ1) is 17.0. The van der Waals surface area contributed by atoms with Crippen LogP contribution >= 0.6 is 0 Å². The van der Waals surface area contributed by atoms with Crippen LogP contribution < -0.4 is 0 Å². The van der Waals surface area contributed by atoms with Gasteiger partial charge in [0.25, 0.3) is 0 Å². The van der Waals surface area contributed by atoms with Crippen LogP contribution in [0.25, 0.3) is 54.6 Å². The summed E-state index contributed by atoms with van der Waals surface area (Å²) in [6.07, 6.45) is 0. The van der Waals surface area contributed by atoms with Gasteiger partial charge in [-0.05, 0) is 54.6 Å². The molecule has 0 unspecified atom stereocenters. The monoisotopic (exact) mass is 380 g/mol. The highest BCUT2D eigenvalue weighted by Gasteiger charge is 2.15. The fraction of sp³-hybridized carbons (Fsp3) is 0. The maximum Gasteiger partial charge on any atom is -0.00264 e. The molecule has 0 heterocycles. The Bertz CT molecular complexity index is 1520. The highest BCUT2D eigenvalue weighted by molar-refractivity contribution is 6.16. The van der Waals surface area contributed by atoms with Gasteiger partial charge in [0.05, 0.1) is 0 Å². The standard InChI is InChI=1S/C30H20/c1-2-11-23(12-3-1)30-28-18-17-22-10-5-7-15-25(22)27(28)19-20-29(30)26-16-8-13-21-9-4-6-14-24(21)26/h1-20H. The van der Waals surface area contributed by atoms with E-state index in [4.69, 9.17) is 0 Å². The van der Waals surface area contributed by atoms with Crippen molar-refractivity contribution in [2.75, 3.05) is 0 Å². The van der Waals surface area contributed by atoms with Crippen LogP contribution in [0.4, 0.5) is 0 Å². The molecule has 140 valence electrons. The topological polar surface area (TPSA) is 0 Å². The third-order valence-corrected chi connectivity index (χ3v) is 6.07. The fourth-order valence-corrected chi connectivity index (χ4v) is 4.69. The van der Waals surface area contributed by atoms with E-state index >= 15 is 0 Å². The smallest absolute Gasteiger partial charge is 0.00264 e. The van der Waals surface area contributed by atoms with Gasteiger partial charge in [-0.15, -0.1) is 0 Å². The lowest BCUT2D eigenvalue weighted by molar-refractivity contribution is 1.63. The van der Waals surface area contributed by atoms with Crippen LogP contribution in [0.15, 0.2) is 121 Å². The van der Waals surface area contributed by atoms with Crippen molar-refractivity contribution in [3.8, 4) is 22.3 Å². The molecule has 0 aromatic heterocycles. The third kappa shape index (κ3) is 2.62. The molecule has 0 saturated heterocycles. The number of rotatable bonds is 2. The Morgan fingerprint density at radius 2 is 0.933 bits per heavy atom. The molecule has 0 fully saturated rings. The van der Waals surface area contributed by atoms with E-state index in [1.807, 2.05) is 0 Å². The normalized spacial score (nSPS) is 11.3. The molecular weight excluding hydrogens is 360 g/mol. The molecule has 6 aromatic rings. The molecule has 30 heavy (non-hydrogen) atoms. The highest BCUT2D eigenvalue weighted by Crippen LogP contribution is 2.42. The van der Waals surface area contributed by atoms with Gasteiger partial charge in [0.1, 0.15) is 0 Å². The predicted octanol–water partition coefficient (Wildman–Crippen LogP) is 8.48. The molecule has 0 aliphatic rings. The number of fused-ring (bicyclic) bond motifs is 4. The van der Waals surface area contributed by atoms with E-state index in [9.17, 15) is 0 Å². The van der Waals surface area contributed by atoms with Gasteiger partial charge in [-0.25, -0.2) is 0 Å². The number of hydrogen-bond acceptors (Lipinski definition) is 0. The maximum absolute atomic E-state index is 2.30. The second-order valence-electron chi connectivity index (χ2n) is 7.76. The second kappa shape index (κ2) is 6.86. The largest absolute Gasteiger partial charge is 0.0622 e. The van der Waals surface area contributed by atoms with Crippen molar-refractivity contribution in [3.05, 3.63) is 121 Å². The van der Waals surface area contributed by atoms with Crippen LogP contribution in [-0.2, 0) is 0 Å². The molecule has 0 atom stereocenters. The molecule has 0 aliphatic heterocycles. The molecule has 0 radical (unpaired) electrons. The zero-order valence-electron chi connectivity index (χ0n) is 16.5. The van der Waals surface area contributed by atoms with Gasteiger partial charge >= 0.3 is 0 Å². The molecule has 0 aliphatic carbocycles. The Morgan fingerprint density at radius 3 is 1.77 bits per heavy atom. The van der Waals surface area contributed by atoms with Crippen LogP contribution in [0.3, 0.4) is 0 Å². The van der Waals surface area contributed by atoms with Crippen LogP contribution in [0.1, 0.15) is 0 Å². The molecule has 0 saturated carbocycles. The lowest BCUT2D eigenvalue weighted by atomic mass is 9.86. The summed E-state index contributed by atoms with van der Waals surface area (Å²) in [4.78, 5) is 0. The van der Waals surface area contributed by atoms with Crippen molar-refractivity contribution in [2.24, 2.45) is 0 Å². The van der Waals surface area contributed by atoms with Gasteiger partial charge in [-0.1, -0.05) is 121 Å². The van der Waals surface area contributed by atoms with Crippen LogP contribution in [0.2, 0.25) is 0 Å². The zero-order chi connectivity index (χ0) is 19.9. The van der Waals surface area contributed by atoms with Gasteiger partial charge in [0.2, 0.25) is 0 Å². The molecule has 0 nitrogen and oxygen atoms in total. The maximum atomic E-state index is 2.30. The Morgan fingerprint density at radius 1 is 0.300 bits per heavy atom. The summed E-state index contributed by atoms with van der Waals surface area (Å²) >= 11 is 0. The van der Waals surface area contributed by atoms with Crippen LogP contribution in [0.5, 0.6) is 0 Å². The van der Waals surface area contributed by atoms with E-state index in [0.29, 0.717) is 0 Å². The van der Waals surface area contributed by atoms with E-state index in [2.05, 4.69) is 121 Å². The Labute approximate surface area is 176 Å². The van der Waals surface area contributed by atoms with Gasteiger partial charge in [0, 0.05) is 0 Å². The summed E-state index contributed by atoms with van der Waals surface area (Å²) in [5, 5.41) is 7.74. The quantitative estimate of drug-likeness (QED) is 0.264. The van der Waals surface area contributed by atoms with Crippen LogP contribution in [-0.4, -0.2) is 0 Å². The molecule has 6 rings (SSSR count). The van der Waals surface area contributed by atoms with Crippen molar-refractivity contribution in [1.29, 1.82) is 0 Å². The minimum atomic E-state index is 1.25. The van der Waals surface area contributed by atoms with Crippen molar-refractivity contribution in [2.45, 2.75) is 0 Å². The first-order valence-electron chi connectivity index (χ1n) is 10.4. The van der Waals surface area contributed by atoms with Gasteiger partial charge in [0.15, 0.2) is 0 Å². The molecular formula is C30H20. The van der Waals surface area contributed by atoms with E-state index in [0.717, 1.165) is 0 Å². The lowest BCUT2D eigenvalue weighted by Gasteiger charge is -2.17. The minimum absolute atomic E-state index is 1.25. The molecule has 0 bridgehead atoms. The van der Waals surface area contributed by atoms with Crippen molar-refractivity contribution < 1.29 is 0 Å². The Kier molecular flexibility index (Phi) is 3.89. The summed E-state index contributed by atoms with van der Waals surface area (Å²) in [6, 6.07) is 43.8. The highest BCUT2D eigenvalue weighted by atomic mass is 14.2. The van der Waals surface area contributed by atoms with Crippen LogP contribution in [0, 0.1) is 0 Å². The zero-order valence-corrected chi connectivity index (χ0v) is 16.5. The molecule has 0 amide bonds. The van der Waals surface area contributed by atoms with E-state index < -0.39 is 0 Å². The summed E-state index contributed by atoms with van der Waals surface area (Å²) in [6.45, 7) is 0. The van der Waals surface area contributed by atoms with Crippen molar-refractivity contribution in [1.82, 2.24) is 0 Å². The first-order chi connectivity index (χ1) is 14.9. The molecule has 0 heteroatoms. The van der Waals surface area contributed by atoms with E-state index in [1.165, 1.54) is 54.6 Å². The molecule has 6 aromatic carbocycles. The summed E-state index contributed by atoms with van der Waals surface area (Å²) in [5.74, 6) is 0. The predicted molar refractivity (Wildman–Crippen MR) is 130 cm³/mol. The van der Waals surface area contributed by atoms with Gasteiger partial charge < -0.3 is 0 Å². The Balaban J connectivity index is 1.78. The van der Waals surface area contributed by atoms with Crippen molar-refractivity contribution >= 4 is 32.3 Å². The lowest BCUT2D eigenvalue weighted by Crippen LogP contribution is -1.90. The number of benzene rings is 6. The SMILES string of the molecule is c1ccc(-c2c(-c3cccc4ccccc34)ccc3c2ccc2ccccc23)cc1. The third-order valence-electron chi connectivity index (χ3n) is 6.07.